The van der Waals surface area contributed by atoms with Gasteiger partial charge in [0.2, 0.25) is 5.91 Å². The number of ether oxygens (including phenoxy) is 1. The van der Waals surface area contributed by atoms with Gasteiger partial charge in [-0.1, -0.05) is 25.1 Å². The number of nitriles is 1. The Morgan fingerprint density at radius 3 is 2.85 bits per heavy atom. The first-order valence-electron chi connectivity index (χ1n) is 8.49. The van der Waals surface area contributed by atoms with Gasteiger partial charge in [0.1, 0.15) is 5.75 Å². The van der Waals surface area contributed by atoms with Crippen molar-refractivity contribution in [2.24, 2.45) is 0 Å². The third kappa shape index (κ3) is 3.67. The second-order valence-electron chi connectivity index (χ2n) is 5.96. The van der Waals surface area contributed by atoms with Crippen LogP contribution in [0.1, 0.15) is 25.3 Å². The summed E-state index contributed by atoms with van der Waals surface area (Å²) in [6.07, 6.45) is 0.185. The lowest BCUT2D eigenvalue weighted by Gasteiger charge is -2.33. The Bertz CT molecular complexity index is 873. The lowest BCUT2D eigenvalue weighted by molar-refractivity contribution is -0.126. The fourth-order valence-corrected chi connectivity index (χ4v) is 2.87. The molecule has 1 aliphatic heterocycles. The Kier molecular flexibility index (Phi) is 5.18. The average Bonchev–Trinajstić information content (AvgIpc) is 2.67. The van der Waals surface area contributed by atoms with Crippen LogP contribution in [0.2, 0.25) is 0 Å². The van der Waals surface area contributed by atoms with E-state index in [0.29, 0.717) is 29.1 Å². The number of hydrogen-bond donors (Lipinski definition) is 1. The predicted octanol–water partition coefficient (Wildman–Crippen LogP) is 3.09. The maximum atomic E-state index is 12.6. The molecule has 3 rings (SSSR count). The average molecular weight is 349 g/mol. The molecule has 0 radical (unpaired) electrons. The highest BCUT2D eigenvalue weighted by Crippen LogP contribution is 2.34. The number of amides is 2. The Morgan fingerprint density at radius 2 is 2.08 bits per heavy atom. The smallest absolute Gasteiger partial charge is 0.268 e. The first-order chi connectivity index (χ1) is 12.6. The number of para-hydroxylation sites is 2. The van der Waals surface area contributed by atoms with Crippen LogP contribution in [0.4, 0.5) is 11.4 Å². The third-order valence-electron chi connectivity index (χ3n) is 4.18. The van der Waals surface area contributed by atoms with Crippen LogP contribution in [0.25, 0.3) is 0 Å². The second-order valence-corrected chi connectivity index (χ2v) is 5.96. The van der Waals surface area contributed by atoms with Gasteiger partial charge >= 0.3 is 0 Å². The summed E-state index contributed by atoms with van der Waals surface area (Å²) in [6, 6.07) is 16.1. The fraction of sp³-hybridized carbons (Fsp3) is 0.250. The molecule has 2 aromatic carbocycles. The number of nitrogens with zero attached hydrogens (tertiary/aromatic N) is 2. The molecule has 0 bridgehead atoms. The van der Waals surface area contributed by atoms with Gasteiger partial charge in [0.15, 0.2) is 6.10 Å². The highest BCUT2D eigenvalue weighted by molar-refractivity contribution is 6.01. The van der Waals surface area contributed by atoms with E-state index >= 15 is 0 Å². The van der Waals surface area contributed by atoms with Gasteiger partial charge in [-0.15, -0.1) is 0 Å². The lowest BCUT2D eigenvalue weighted by atomic mass is 10.1. The van der Waals surface area contributed by atoms with Crippen LogP contribution in [0.15, 0.2) is 48.5 Å². The van der Waals surface area contributed by atoms with E-state index in [9.17, 15) is 9.59 Å². The zero-order chi connectivity index (χ0) is 18.5. The van der Waals surface area contributed by atoms with Crippen LogP contribution in [-0.4, -0.2) is 24.5 Å². The van der Waals surface area contributed by atoms with Crippen LogP contribution < -0.4 is 15.0 Å². The molecular formula is C20H19N3O3. The standard InChI is InChI=1S/C20H19N3O3/c1-2-17-20(25)23(16-8-3-4-9-18(16)26-17)11-10-19(24)22-15-7-5-6-14(12-15)13-21/h3-9,12,17H,2,10-11H2,1H3,(H,22,24). The van der Waals surface area contributed by atoms with Crippen molar-refractivity contribution in [3.05, 3.63) is 54.1 Å². The molecule has 1 aliphatic rings. The molecule has 6 nitrogen and oxygen atoms in total. The second kappa shape index (κ2) is 7.70. The summed E-state index contributed by atoms with van der Waals surface area (Å²) >= 11 is 0. The normalized spacial score (nSPS) is 15.6. The summed E-state index contributed by atoms with van der Waals surface area (Å²) in [7, 11) is 0. The number of rotatable bonds is 5. The summed E-state index contributed by atoms with van der Waals surface area (Å²) in [5.41, 5.74) is 1.72. The van der Waals surface area contributed by atoms with Crippen LogP contribution in [0.5, 0.6) is 5.75 Å². The Balaban J connectivity index is 1.69. The molecule has 0 aromatic heterocycles. The molecule has 1 N–H and O–H groups in total. The number of carbonyl (C=O) groups excluding carboxylic acids is 2. The molecule has 2 aromatic rings. The van der Waals surface area contributed by atoms with Crippen molar-refractivity contribution in [1.29, 1.82) is 5.26 Å². The number of carbonyl (C=O) groups is 2. The number of benzene rings is 2. The molecular weight excluding hydrogens is 330 g/mol. The number of fused-ring (bicyclic) bond motifs is 1. The summed E-state index contributed by atoms with van der Waals surface area (Å²) in [5.74, 6) is 0.302. The molecule has 1 atom stereocenters. The molecule has 0 saturated carbocycles. The molecule has 1 unspecified atom stereocenters. The highest BCUT2D eigenvalue weighted by atomic mass is 16.5. The zero-order valence-electron chi connectivity index (χ0n) is 14.4. The molecule has 6 heteroatoms. The molecule has 2 amide bonds. The number of hydrogen-bond acceptors (Lipinski definition) is 4. The third-order valence-corrected chi connectivity index (χ3v) is 4.18. The molecule has 0 saturated heterocycles. The Morgan fingerprint density at radius 1 is 1.27 bits per heavy atom. The van der Waals surface area contributed by atoms with Gasteiger partial charge in [0.25, 0.3) is 5.91 Å². The maximum Gasteiger partial charge on any atom is 0.268 e. The summed E-state index contributed by atoms with van der Waals surface area (Å²) in [5, 5.41) is 11.7. The number of anilines is 2. The van der Waals surface area contributed by atoms with Gasteiger partial charge in [-0.2, -0.15) is 5.26 Å². The van der Waals surface area contributed by atoms with E-state index < -0.39 is 6.10 Å². The van der Waals surface area contributed by atoms with Gasteiger partial charge in [-0.3, -0.25) is 9.59 Å². The van der Waals surface area contributed by atoms with Crippen molar-refractivity contribution in [2.45, 2.75) is 25.9 Å². The summed E-state index contributed by atoms with van der Waals surface area (Å²) in [6.45, 7) is 2.16. The maximum absolute atomic E-state index is 12.6. The molecule has 132 valence electrons. The van der Waals surface area contributed by atoms with Crippen molar-refractivity contribution in [3.8, 4) is 11.8 Å². The van der Waals surface area contributed by atoms with E-state index in [1.807, 2.05) is 37.3 Å². The predicted molar refractivity (Wildman–Crippen MR) is 97.9 cm³/mol. The molecule has 0 spiro atoms. The molecule has 26 heavy (non-hydrogen) atoms. The summed E-state index contributed by atoms with van der Waals surface area (Å²) < 4.78 is 5.73. The van der Waals surface area contributed by atoms with Crippen molar-refractivity contribution in [2.75, 3.05) is 16.8 Å². The van der Waals surface area contributed by atoms with E-state index in [4.69, 9.17) is 10.00 Å². The van der Waals surface area contributed by atoms with E-state index in [2.05, 4.69) is 5.32 Å². The van der Waals surface area contributed by atoms with Gasteiger partial charge in [-0.25, -0.2) is 0 Å². The van der Waals surface area contributed by atoms with Gasteiger partial charge in [0, 0.05) is 18.7 Å². The first kappa shape index (κ1) is 17.5. The number of nitrogens with one attached hydrogen (secondary N) is 1. The lowest BCUT2D eigenvalue weighted by Crippen LogP contribution is -2.46. The van der Waals surface area contributed by atoms with Gasteiger partial charge in [0.05, 0.1) is 17.3 Å². The van der Waals surface area contributed by atoms with E-state index in [1.165, 1.54) is 0 Å². The highest BCUT2D eigenvalue weighted by Gasteiger charge is 2.33. The van der Waals surface area contributed by atoms with Crippen molar-refractivity contribution < 1.29 is 14.3 Å². The molecule has 0 fully saturated rings. The Labute approximate surface area is 152 Å². The van der Waals surface area contributed by atoms with Crippen LogP contribution in [-0.2, 0) is 9.59 Å². The summed E-state index contributed by atoms with van der Waals surface area (Å²) in [4.78, 5) is 26.5. The van der Waals surface area contributed by atoms with Crippen LogP contribution >= 0.6 is 0 Å². The minimum Gasteiger partial charge on any atom is -0.478 e. The quantitative estimate of drug-likeness (QED) is 0.899. The largest absolute Gasteiger partial charge is 0.478 e. The van der Waals surface area contributed by atoms with Gasteiger partial charge in [-0.05, 0) is 36.8 Å². The van der Waals surface area contributed by atoms with Crippen molar-refractivity contribution in [1.82, 2.24) is 0 Å². The van der Waals surface area contributed by atoms with E-state index in [1.54, 1.807) is 29.2 Å². The van der Waals surface area contributed by atoms with Crippen LogP contribution in [0.3, 0.4) is 0 Å². The van der Waals surface area contributed by atoms with E-state index in [0.717, 1.165) is 0 Å². The van der Waals surface area contributed by atoms with Crippen molar-refractivity contribution >= 4 is 23.2 Å². The minimum atomic E-state index is -0.528. The van der Waals surface area contributed by atoms with E-state index in [-0.39, 0.29) is 24.8 Å². The minimum absolute atomic E-state index is 0.134. The first-order valence-corrected chi connectivity index (χ1v) is 8.49. The fourth-order valence-electron chi connectivity index (χ4n) is 2.87. The van der Waals surface area contributed by atoms with Crippen LogP contribution in [0, 0.1) is 11.3 Å². The van der Waals surface area contributed by atoms with Gasteiger partial charge < -0.3 is 15.0 Å². The monoisotopic (exact) mass is 349 g/mol. The molecule has 0 aliphatic carbocycles. The topological polar surface area (TPSA) is 82.4 Å². The molecule has 1 heterocycles. The Hall–Kier alpha value is -3.33. The SMILES string of the molecule is CCC1Oc2ccccc2N(CCC(=O)Nc2cccc(C#N)c2)C1=O. The zero-order valence-corrected chi connectivity index (χ0v) is 14.4. The van der Waals surface area contributed by atoms with Crippen molar-refractivity contribution in [3.63, 3.8) is 0 Å².